The van der Waals surface area contributed by atoms with Crippen LogP contribution in [0.5, 0.6) is 0 Å². The fraction of sp³-hybridized carbons (Fsp3) is 0. The van der Waals surface area contributed by atoms with Gasteiger partial charge in [-0.3, -0.25) is 0 Å². The van der Waals surface area contributed by atoms with Gasteiger partial charge in [-0.15, -0.1) is 0 Å². The Morgan fingerprint density at radius 3 is 0.756 bits per heavy atom. The molecule has 2 heterocycles. The van der Waals surface area contributed by atoms with E-state index in [4.69, 9.17) is 0 Å². The monoisotopic (exact) mass is 634 g/mol. The molecule has 0 saturated carbocycles. The number of rotatable bonds is 0. The second kappa shape index (κ2) is 7.86. The van der Waals surface area contributed by atoms with E-state index in [1.54, 1.807) is 14.4 Å². The van der Waals surface area contributed by atoms with Gasteiger partial charge < -0.3 is 0 Å². The maximum absolute atomic E-state index is 3.44. The average Bonchev–Trinajstić information content (AvgIpc) is 3.52. The summed E-state index contributed by atoms with van der Waals surface area (Å²) in [6.07, 6.45) is 0. The summed E-state index contributed by atoms with van der Waals surface area (Å²) in [4.78, 5) is 0. The van der Waals surface area contributed by atoms with Gasteiger partial charge >= 0.3 is 244 Å². The molecule has 0 fully saturated rings. The minimum atomic E-state index is -3.44. The van der Waals surface area contributed by atoms with E-state index in [0.29, 0.717) is 0 Å². The van der Waals surface area contributed by atoms with Crippen molar-refractivity contribution >= 4 is 75.7 Å². The molecule has 0 atom stereocenters. The topological polar surface area (TPSA) is 0 Å². The molecule has 0 saturated heterocycles. The van der Waals surface area contributed by atoms with Gasteiger partial charge in [-0.1, -0.05) is 0 Å². The van der Waals surface area contributed by atoms with Crippen LogP contribution in [-0.4, -0.2) is 18.2 Å². The van der Waals surface area contributed by atoms with Crippen LogP contribution >= 0.6 is 0 Å². The van der Waals surface area contributed by atoms with E-state index in [-0.39, 0.29) is 0 Å². The van der Waals surface area contributed by atoms with Crippen LogP contribution in [0.1, 0.15) is 0 Å². The first-order chi connectivity index (χ1) is 20.4. The molecule has 0 aliphatic carbocycles. The van der Waals surface area contributed by atoms with E-state index in [9.17, 15) is 0 Å². The van der Waals surface area contributed by atoms with Crippen molar-refractivity contribution < 1.29 is 0 Å². The zero-order chi connectivity index (χ0) is 26.7. The fourth-order valence-corrected chi connectivity index (χ4v) is 20.8. The Labute approximate surface area is 242 Å². The van der Waals surface area contributed by atoms with Gasteiger partial charge in [-0.2, -0.15) is 0 Å². The minimum absolute atomic E-state index is 1.32. The van der Waals surface area contributed by atoms with Crippen molar-refractivity contribution in [2.24, 2.45) is 0 Å². The van der Waals surface area contributed by atoms with Crippen molar-refractivity contribution in [3.63, 3.8) is 0 Å². The third kappa shape index (κ3) is 2.63. The molecule has 0 unspecified atom stereocenters. The van der Waals surface area contributed by atoms with E-state index >= 15 is 0 Å². The van der Waals surface area contributed by atoms with E-state index < -0.39 is 18.2 Å². The summed E-state index contributed by atoms with van der Waals surface area (Å²) in [7, 11) is 0. The second-order valence-corrected chi connectivity index (χ2v) is 19.8. The van der Waals surface area contributed by atoms with Crippen molar-refractivity contribution in [1.82, 2.24) is 0 Å². The number of hydrogen-bond donors (Lipinski definition) is 0. The van der Waals surface area contributed by atoms with Gasteiger partial charge in [0.25, 0.3) is 0 Å². The van der Waals surface area contributed by atoms with Crippen LogP contribution in [-0.2, 0) is 0 Å². The summed E-state index contributed by atoms with van der Waals surface area (Å²) in [6, 6.07) is 55.6. The summed E-state index contributed by atoms with van der Waals surface area (Å²) in [5.74, 6) is 0. The summed E-state index contributed by atoms with van der Waals surface area (Å²) in [6.45, 7) is 0. The molecule has 8 aromatic rings. The van der Waals surface area contributed by atoms with Gasteiger partial charge in [0.2, 0.25) is 0 Å². The Morgan fingerprint density at radius 2 is 0.488 bits per heavy atom. The summed E-state index contributed by atoms with van der Waals surface area (Å²) < 4.78 is 6.35. The zero-order valence-electron chi connectivity index (χ0n) is 22.3. The number of fused-ring (bicyclic) bond motifs is 18. The van der Waals surface area contributed by atoms with Gasteiger partial charge in [0.05, 0.1) is 0 Å². The molecule has 1 spiro atoms. The van der Waals surface area contributed by atoms with Gasteiger partial charge in [0.15, 0.2) is 0 Å². The number of hydrogen-bond acceptors (Lipinski definition) is 0. The van der Waals surface area contributed by atoms with E-state index in [0.717, 1.165) is 0 Å². The molecular formula is C40H24Te. The molecule has 0 aromatic heterocycles. The molecule has 2 aliphatic heterocycles. The first-order valence-corrected chi connectivity index (χ1v) is 18.9. The molecule has 2 aliphatic rings. The molecule has 41 heavy (non-hydrogen) atoms. The molecule has 8 aromatic carbocycles. The van der Waals surface area contributed by atoms with Gasteiger partial charge in [0, 0.05) is 0 Å². The van der Waals surface area contributed by atoms with Crippen molar-refractivity contribution in [1.29, 1.82) is 0 Å². The molecule has 190 valence electrons. The molecule has 0 bridgehead atoms. The van der Waals surface area contributed by atoms with Crippen LogP contribution in [0.15, 0.2) is 146 Å². The van der Waals surface area contributed by atoms with Crippen molar-refractivity contribution in [3.05, 3.63) is 146 Å². The second-order valence-electron chi connectivity index (χ2n) is 11.3. The standard InChI is InChI=1S/C40H24Te/c1-5-13-29-25(9-1)17-21-33-37(29)38-30-14-6-2-10-26(30)18-22-34(38)41(33)35-23-19-27-11-3-7-15-31(27)39(35)40-32-16-8-4-12-28(32)20-24-36(40)41/h1-24H. The van der Waals surface area contributed by atoms with E-state index in [1.807, 2.05) is 0 Å². The van der Waals surface area contributed by atoms with Crippen LogP contribution in [0, 0.1) is 0 Å². The summed E-state index contributed by atoms with van der Waals surface area (Å²) in [5.41, 5.74) is 5.87. The van der Waals surface area contributed by atoms with E-state index in [2.05, 4.69) is 146 Å². The molecular weight excluding hydrogens is 608 g/mol. The fourth-order valence-electron chi connectivity index (χ4n) is 7.77. The summed E-state index contributed by atoms with van der Waals surface area (Å²) in [5, 5.41) is 10.8. The van der Waals surface area contributed by atoms with Gasteiger partial charge in [-0.25, -0.2) is 0 Å². The molecule has 0 N–H and O–H groups in total. The predicted molar refractivity (Wildman–Crippen MR) is 178 cm³/mol. The Kier molecular flexibility index (Phi) is 4.28. The van der Waals surface area contributed by atoms with Crippen molar-refractivity contribution in [3.8, 4) is 22.3 Å². The zero-order valence-corrected chi connectivity index (χ0v) is 24.6. The Bertz CT molecular complexity index is 2080. The van der Waals surface area contributed by atoms with Crippen LogP contribution in [0.3, 0.4) is 0 Å². The predicted octanol–water partition coefficient (Wildman–Crippen LogP) is 7.64. The Balaban J connectivity index is 1.51. The van der Waals surface area contributed by atoms with Gasteiger partial charge in [0.1, 0.15) is 0 Å². The number of benzene rings is 8. The quantitative estimate of drug-likeness (QED) is 0.151. The van der Waals surface area contributed by atoms with Gasteiger partial charge in [-0.05, 0) is 0 Å². The van der Waals surface area contributed by atoms with Crippen molar-refractivity contribution in [2.45, 2.75) is 0 Å². The maximum atomic E-state index is 2.51. The Morgan fingerprint density at radius 1 is 0.244 bits per heavy atom. The molecule has 0 nitrogen and oxygen atoms in total. The van der Waals surface area contributed by atoms with Crippen molar-refractivity contribution in [2.75, 3.05) is 0 Å². The summed E-state index contributed by atoms with van der Waals surface area (Å²) >= 11 is -3.44. The molecule has 10 rings (SSSR count). The Hall–Kier alpha value is -4.41. The molecule has 1 heteroatoms. The first kappa shape index (κ1) is 22.3. The first-order valence-electron chi connectivity index (χ1n) is 14.3. The SMILES string of the molecule is c1ccc2c3c(ccc2c1)[Te]1(c2ccc4ccccc4c2-3)c2ccc3ccccc3c2-c2c1ccc1ccccc21. The van der Waals surface area contributed by atoms with Crippen LogP contribution < -0.4 is 14.4 Å². The normalized spacial score (nSPS) is 14.8. The van der Waals surface area contributed by atoms with Crippen LogP contribution in [0.4, 0.5) is 0 Å². The molecule has 0 radical (unpaired) electrons. The third-order valence-electron chi connectivity index (χ3n) is 9.38. The average molecular weight is 632 g/mol. The third-order valence-corrected chi connectivity index (χ3v) is 20.8. The van der Waals surface area contributed by atoms with E-state index in [1.165, 1.54) is 65.3 Å². The molecule has 0 amide bonds. The van der Waals surface area contributed by atoms with Crippen LogP contribution in [0.2, 0.25) is 0 Å². The van der Waals surface area contributed by atoms with Crippen LogP contribution in [0.25, 0.3) is 65.3 Å².